The number of hydrogen-bond acceptors (Lipinski definition) is 5. The number of carbonyl (C=O) groups excluding carboxylic acids is 2. The van der Waals surface area contributed by atoms with Crippen molar-refractivity contribution in [3.8, 4) is 0 Å². The summed E-state index contributed by atoms with van der Waals surface area (Å²) in [5.74, 6) is -0.640. The van der Waals surface area contributed by atoms with E-state index in [2.05, 4.69) is 10.3 Å². The van der Waals surface area contributed by atoms with Crippen molar-refractivity contribution in [2.75, 3.05) is 24.3 Å². The van der Waals surface area contributed by atoms with Gasteiger partial charge < -0.3 is 10.2 Å². The minimum absolute atomic E-state index is 0.194. The first kappa shape index (κ1) is 21.3. The van der Waals surface area contributed by atoms with Crippen LogP contribution in [0.3, 0.4) is 0 Å². The summed E-state index contributed by atoms with van der Waals surface area (Å²) in [5, 5.41) is 3.22. The fourth-order valence-corrected chi connectivity index (χ4v) is 3.66. The number of pyridine rings is 1. The van der Waals surface area contributed by atoms with Crippen LogP contribution >= 0.6 is 0 Å². The molecule has 0 atom stereocenters. The Kier molecular flexibility index (Phi) is 5.77. The molecule has 2 aromatic carbocycles. The molecule has 3 aromatic rings. The topological polar surface area (TPSA) is 65.5 Å². The number of aryl methyl sites for hydroxylation is 2. The maximum absolute atomic E-state index is 13.4. The summed E-state index contributed by atoms with van der Waals surface area (Å²) in [5.41, 5.74) is 6.26. The van der Waals surface area contributed by atoms with Crippen molar-refractivity contribution < 1.29 is 9.59 Å². The Morgan fingerprint density at radius 2 is 1.56 bits per heavy atom. The molecule has 0 saturated carbocycles. The minimum Gasteiger partial charge on any atom is -0.378 e. The molecule has 32 heavy (non-hydrogen) atoms. The predicted molar refractivity (Wildman–Crippen MR) is 127 cm³/mol. The van der Waals surface area contributed by atoms with Crippen molar-refractivity contribution >= 4 is 28.8 Å². The van der Waals surface area contributed by atoms with Crippen molar-refractivity contribution in [1.29, 1.82) is 0 Å². The van der Waals surface area contributed by atoms with E-state index in [0.29, 0.717) is 11.3 Å². The van der Waals surface area contributed by atoms with Crippen LogP contribution in [-0.4, -0.2) is 35.8 Å². The zero-order valence-corrected chi connectivity index (χ0v) is 18.7. The van der Waals surface area contributed by atoms with Gasteiger partial charge in [0.2, 0.25) is 0 Å². The molecule has 0 saturated heterocycles. The summed E-state index contributed by atoms with van der Waals surface area (Å²) in [4.78, 5) is 34.1. The molecule has 2 heterocycles. The average Bonchev–Trinajstić information content (AvgIpc) is 3.01. The lowest BCUT2D eigenvalue weighted by atomic mass is 9.99. The molecule has 2 amide bonds. The van der Waals surface area contributed by atoms with Gasteiger partial charge in [-0.05, 0) is 72.5 Å². The lowest BCUT2D eigenvalue weighted by Crippen LogP contribution is -2.32. The van der Waals surface area contributed by atoms with E-state index in [9.17, 15) is 9.59 Å². The van der Waals surface area contributed by atoms with Crippen LogP contribution in [0.4, 0.5) is 11.4 Å². The second-order valence-electron chi connectivity index (χ2n) is 8.17. The summed E-state index contributed by atoms with van der Waals surface area (Å²) in [7, 11) is 3.94. The van der Waals surface area contributed by atoms with Gasteiger partial charge in [-0.15, -0.1) is 0 Å². The standard InChI is InChI=1S/C26H26N4O2/c1-17-5-6-20(15-18(17)2)23-24(28-21-7-9-22(10-8-21)29(3)4)26(32)30(25(23)31)16-19-11-13-27-14-12-19/h5-15,28H,16H2,1-4H3. The quantitative estimate of drug-likeness (QED) is 0.600. The fraction of sp³-hybridized carbons (Fsp3) is 0.192. The van der Waals surface area contributed by atoms with Crippen LogP contribution in [-0.2, 0) is 16.1 Å². The molecule has 4 rings (SSSR count). The third kappa shape index (κ3) is 4.12. The van der Waals surface area contributed by atoms with E-state index in [0.717, 1.165) is 33.6 Å². The van der Waals surface area contributed by atoms with E-state index >= 15 is 0 Å². The second kappa shape index (κ2) is 8.67. The van der Waals surface area contributed by atoms with Gasteiger partial charge in [0, 0.05) is 37.9 Å². The molecule has 0 fully saturated rings. The Hall–Kier alpha value is -3.93. The maximum Gasteiger partial charge on any atom is 0.278 e. The number of amides is 2. The summed E-state index contributed by atoms with van der Waals surface area (Å²) in [6, 6.07) is 17.2. The highest BCUT2D eigenvalue weighted by atomic mass is 16.2. The van der Waals surface area contributed by atoms with Crippen molar-refractivity contribution in [3.05, 3.63) is 94.9 Å². The fourth-order valence-electron chi connectivity index (χ4n) is 3.66. The SMILES string of the molecule is Cc1ccc(C2=C(Nc3ccc(N(C)C)cc3)C(=O)N(Cc3ccncc3)C2=O)cc1C. The van der Waals surface area contributed by atoms with Crippen LogP contribution in [0.5, 0.6) is 0 Å². The van der Waals surface area contributed by atoms with Gasteiger partial charge in [-0.2, -0.15) is 0 Å². The molecule has 6 heteroatoms. The first-order chi connectivity index (χ1) is 15.3. The molecule has 1 aromatic heterocycles. The number of aromatic nitrogens is 1. The maximum atomic E-state index is 13.4. The molecule has 0 unspecified atom stereocenters. The Balaban J connectivity index is 1.74. The predicted octanol–water partition coefficient (Wildman–Crippen LogP) is 4.16. The van der Waals surface area contributed by atoms with Gasteiger partial charge in [0.15, 0.2) is 0 Å². The first-order valence-corrected chi connectivity index (χ1v) is 10.5. The zero-order valence-electron chi connectivity index (χ0n) is 18.7. The molecule has 6 nitrogen and oxygen atoms in total. The highest BCUT2D eigenvalue weighted by Gasteiger charge is 2.39. The van der Waals surface area contributed by atoms with E-state index < -0.39 is 0 Å². The molecule has 162 valence electrons. The Morgan fingerprint density at radius 1 is 0.875 bits per heavy atom. The van der Waals surface area contributed by atoms with Gasteiger partial charge in [-0.25, -0.2) is 0 Å². The number of anilines is 2. The van der Waals surface area contributed by atoms with Crippen LogP contribution in [0.25, 0.3) is 5.57 Å². The number of hydrogen-bond donors (Lipinski definition) is 1. The van der Waals surface area contributed by atoms with Crippen LogP contribution in [0.2, 0.25) is 0 Å². The molecule has 0 aliphatic carbocycles. The normalized spacial score (nSPS) is 13.7. The summed E-state index contributed by atoms with van der Waals surface area (Å²) < 4.78 is 0. The third-order valence-corrected chi connectivity index (χ3v) is 5.71. The average molecular weight is 427 g/mol. The highest BCUT2D eigenvalue weighted by Crippen LogP contribution is 2.32. The van der Waals surface area contributed by atoms with Gasteiger partial charge in [0.1, 0.15) is 5.70 Å². The lowest BCUT2D eigenvalue weighted by Gasteiger charge is -2.16. The van der Waals surface area contributed by atoms with Gasteiger partial charge >= 0.3 is 0 Å². The van der Waals surface area contributed by atoms with Crippen LogP contribution in [0.1, 0.15) is 22.3 Å². The van der Waals surface area contributed by atoms with E-state index in [1.165, 1.54) is 4.90 Å². The molecule has 1 aliphatic rings. The third-order valence-electron chi connectivity index (χ3n) is 5.71. The van der Waals surface area contributed by atoms with Crippen LogP contribution < -0.4 is 10.2 Å². The zero-order chi connectivity index (χ0) is 22.8. The number of benzene rings is 2. The van der Waals surface area contributed by atoms with E-state index in [4.69, 9.17) is 0 Å². The molecular formula is C26H26N4O2. The molecule has 0 bridgehead atoms. The van der Waals surface area contributed by atoms with Crippen molar-refractivity contribution in [1.82, 2.24) is 9.88 Å². The largest absolute Gasteiger partial charge is 0.378 e. The van der Waals surface area contributed by atoms with Gasteiger partial charge in [0.05, 0.1) is 12.1 Å². The molecule has 1 aliphatic heterocycles. The number of rotatable bonds is 6. The highest BCUT2D eigenvalue weighted by molar-refractivity contribution is 6.36. The number of imide groups is 1. The van der Waals surface area contributed by atoms with Gasteiger partial charge in [0.25, 0.3) is 11.8 Å². The van der Waals surface area contributed by atoms with E-state index in [1.807, 2.05) is 87.4 Å². The van der Waals surface area contributed by atoms with E-state index in [-0.39, 0.29) is 18.4 Å². The smallest absolute Gasteiger partial charge is 0.278 e. The van der Waals surface area contributed by atoms with Crippen LogP contribution in [0.15, 0.2) is 72.7 Å². The molecule has 0 spiro atoms. The monoisotopic (exact) mass is 426 g/mol. The Labute approximate surface area is 188 Å². The van der Waals surface area contributed by atoms with E-state index in [1.54, 1.807) is 12.4 Å². The number of nitrogens with one attached hydrogen (secondary N) is 1. The van der Waals surface area contributed by atoms with Crippen molar-refractivity contribution in [3.63, 3.8) is 0 Å². The number of carbonyl (C=O) groups is 2. The van der Waals surface area contributed by atoms with Gasteiger partial charge in [-0.3, -0.25) is 19.5 Å². The Morgan fingerprint density at radius 3 is 2.19 bits per heavy atom. The molecular weight excluding hydrogens is 400 g/mol. The minimum atomic E-state index is -0.336. The van der Waals surface area contributed by atoms with Gasteiger partial charge in [-0.1, -0.05) is 18.2 Å². The second-order valence-corrected chi connectivity index (χ2v) is 8.17. The first-order valence-electron chi connectivity index (χ1n) is 10.5. The molecule has 1 N–H and O–H groups in total. The van der Waals surface area contributed by atoms with Crippen molar-refractivity contribution in [2.45, 2.75) is 20.4 Å². The lowest BCUT2D eigenvalue weighted by molar-refractivity contribution is -0.137. The summed E-state index contributed by atoms with van der Waals surface area (Å²) >= 11 is 0. The molecule has 0 radical (unpaired) electrons. The summed E-state index contributed by atoms with van der Waals surface area (Å²) in [6.45, 7) is 4.22. The number of nitrogens with zero attached hydrogens (tertiary/aromatic N) is 3. The Bertz CT molecular complexity index is 1200. The summed E-state index contributed by atoms with van der Waals surface area (Å²) in [6.07, 6.45) is 3.31. The van der Waals surface area contributed by atoms with Crippen LogP contribution in [0, 0.1) is 13.8 Å². The van der Waals surface area contributed by atoms with Crippen molar-refractivity contribution in [2.24, 2.45) is 0 Å².